The number of ether oxygens (including phenoxy) is 1. The molecule has 3 aromatic heterocycles. The first-order chi connectivity index (χ1) is 12.4. The molecule has 3 heterocycles. The minimum Gasteiger partial charge on any atom is -0.465 e. The highest BCUT2D eigenvalue weighted by atomic mass is 32.2. The van der Waals surface area contributed by atoms with E-state index in [-0.39, 0.29) is 16.3 Å². The molecule has 0 bridgehead atoms. The zero-order valence-corrected chi connectivity index (χ0v) is 15.8. The number of aromatic nitrogens is 2. The molecule has 138 valence electrons. The topological polar surface area (TPSA) is 103 Å². The van der Waals surface area contributed by atoms with Gasteiger partial charge in [-0.1, -0.05) is 0 Å². The van der Waals surface area contributed by atoms with Crippen LogP contribution in [0.3, 0.4) is 0 Å². The zero-order chi connectivity index (χ0) is 18.7. The molecule has 0 amide bonds. The summed E-state index contributed by atoms with van der Waals surface area (Å²) in [4.78, 5) is 16.1. The molecule has 0 aliphatic carbocycles. The zero-order valence-electron chi connectivity index (χ0n) is 14.1. The van der Waals surface area contributed by atoms with Crippen LogP contribution in [0, 0.1) is 0 Å². The molecule has 0 saturated carbocycles. The van der Waals surface area contributed by atoms with Gasteiger partial charge in [-0.3, -0.25) is 0 Å². The summed E-state index contributed by atoms with van der Waals surface area (Å²) >= 11 is 1.02. The first-order valence-electron chi connectivity index (χ1n) is 7.64. The van der Waals surface area contributed by atoms with Gasteiger partial charge >= 0.3 is 5.97 Å². The van der Waals surface area contributed by atoms with Crippen LogP contribution >= 0.6 is 11.3 Å². The summed E-state index contributed by atoms with van der Waals surface area (Å²) in [6.45, 7) is 0.140. The predicted octanol–water partition coefficient (Wildman–Crippen LogP) is 2.05. The molecule has 0 radical (unpaired) electrons. The Morgan fingerprint density at radius 3 is 2.92 bits per heavy atom. The Kier molecular flexibility index (Phi) is 5.25. The van der Waals surface area contributed by atoms with E-state index in [4.69, 9.17) is 4.42 Å². The van der Waals surface area contributed by atoms with E-state index >= 15 is 0 Å². The van der Waals surface area contributed by atoms with Crippen LogP contribution in [0.1, 0.15) is 15.5 Å². The summed E-state index contributed by atoms with van der Waals surface area (Å²) in [5.74, 6) is 0.679. The smallest absolute Gasteiger partial charge is 0.349 e. The molecule has 0 saturated heterocycles. The van der Waals surface area contributed by atoms with E-state index in [1.54, 1.807) is 18.4 Å². The highest BCUT2D eigenvalue weighted by Crippen LogP contribution is 2.23. The molecule has 0 atom stereocenters. The number of thiophene rings is 1. The highest BCUT2D eigenvalue weighted by Gasteiger charge is 2.24. The fourth-order valence-electron chi connectivity index (χ4n) is 2.41. The predicted molar refractivity (Wildman–Crippen MR) is 95.5 cm³/mol. The van der Waals surface area contributed by atoms with Crippen LogP contribution in [-0.2, 0) is 28.2 Å². The number of rotatable bonds is 7. The van der Waals surface area contributed by atoms with E-state index in [0.29, 0.717) is 23.7 Å². The van der Waals surface area contributed by atoms with Crippen LogP contribution in [0.15, 0.2) is 45.4 Å². The molecule has 8 nitrogen and oxygen atoms in total. The standard InChI is InChI=1S/C16H17N3O5S2/c1-19-10-11(12-4-3-8-24-12)18-14(19)5-7-17-26(21,22)13-6-9-25-15(13)16(20)23-2/h3-4,6,8-10,17H,5,7H2,1-2H3. The Hall–Kier alpha value is -2.43. The van der Waals surface area contributed by atoms with Crippen LogP contribution in [0.4, 0.5) is 0 Å². The van der Waals surface area contributed by atoms with Crippen LogP contribution in [0.5, 0.6) is 0 Å². The van der Waals surface area contributed by atoms with E-state index in [0.717, 1.165) is 11.3 Å². The van der Waals surface area contributed by atoms with Gasteiger partial charge in [-0.15, -0.1) is 11.3 Å². The molecule has 3 rings (SSSR count). The highest BCUT2D eigenvalue weighted by molar-refractivity contribution is 7.89. The fourth-order valence-corrected chi connectivity index (χ4v) is 4.77. The van der Waals surface area contributed by atoms with Crippen LogP contribution in [0.25, 0.3) is 11.5 Å². The maximum atomic E-state index is 12.4. The maximum absolute atomic E-state index is 12.4. The summed E-state index contributed by atoms with van der Waals surface area (Å²) in [6, 6.07) is 4.96. The number of hydrogen-bond donors (Lipinski definition) is 1. The van der Waals surface area contributed by atoms with Crippen molar-refractivity contribution in [3.8, 4) is 11.5 Å². The Labute approximate surface area is 154 Å². The van der Waals surface area contributed by atoms with Gasteiger partial charge in [-0.2, -0.15) is 0 Å². The second kappa shape index (κ2) is 7.44. The van der Waals surface area contributed by atoms with Crippen molar-refractivity contribution < 1.29 is 22.4 Å². The van der Waals surface area contributed by atoms with Gasteiger partial charge in [-0.05, 0) is 23.6 Å². The lowest BCUT2D eigenvalue weighted by atomic mass is 10.3. The van der Waals surface area contributed by atoms with E-state index in [2.05, 4.69) is 14.4 Å². The van der Waals surface area contributed by atoms with Crippen molar-refractivity contribution in [1.29, 1.82) is 0 Å². The molecule has 0 unspecified atom stereocenters. The molecule has 1 N–H and O–H groups in total. The number of carbonyl (C=O) groups excluding carboxylic acids is 1. The minimum atomic E-state index is -3.82. The average molecular weight is 395 g/mol. The van der Waals surface area contributed by atoms with Crippen molar-refractivity contribution in [1.82, 2.24) is 14.3 Å². The first-order valence-corrected chi connectivity index (χ1v) is 10.00. The molecule has 0 aliphatic rings. The van der Waals surface area contributed by atoms with Crippen molar-refractivity contribution in [3.05, 3.63) is 46.7 Å². The third-order valence-electron chi connectivity index (χ3n) is 3.68. The van der Waals surface area contributed by atoms with Gasteiger partial charge in [0.15, 0.2) is 5.76 Å². The molecule has 0 aromatic carbocycles. The van der Waals surface area contributed by atoms with Crippen molar-refractivity contribution in [3.63, 3.8) is 0 Å². The summed E-state index contributed by atoms with van der Waals surface area (Å²) < 4.78 is 39.1. The van der Waals surface area contributed by atoms with E-state index < -0.39 is 16.0 Å². The number of hydrogen-bond acceptors (Lipinski definition) is 7. The number of carbonyl (C=O) groups is 1. The molecule has 0 aliphatic heterocycles. The normalized spacial score (nSPS) is 11.6. The quantitative estimate of drug-likeness (QED) is 0.614. The number of nitrogens with zero attached hydrogens (tertiary/aromatic N) is 2. The van der Waals surface area contributed by atoms with Gasteiger partial charge in [0.1, 0.15) is 21.3 Å². The summed E-state index contributed by atoms with van der Waals surface area (Å²) in [6.07, 6.45) is 3.77. The molecular formula is C16H17N3O5S2. The van der Waals surface area contributed by atoms with E-state index in [9.17, 15) is 13.2 Å². The molecule has 0 spiro atoms. The molecule has 0 fully saturated rings. The first kappa shape index (κ1) is 18.4. The summed E-state index contributed by atoms with van der Waals surface area (Å²) in [7, 11) is -0.775. The van der Waals surface area contributed by atoms with Gasteiger partial charge in [0.05, 0.1) is 13.4 Å². The summed E-state index contributed by atoms with van der Waals surface area (Å²) in [5, 5.41) is 1.54. The number of imidazole rings is 1. The lowest BCUT2D eigenvalue weighted by Gasteiger charge is -2.07. The van der Waals surface area contributed by atoms with Gasteiger partial charge < -0.3 is 13.7 Å². The lowest BCUT2D eigenvalue weighted by molar-refractivity contribution is 0.0602. The Balaban J connectivity index is 1.68. The SMILES string of the molecule is COC(=O)c1sccc1S(=O)(=O)NCCc1nc(-c2ccco2)cn1C. The lowest BCUT2D eigenvalue weighted by Crippen LogP contribution is -2.27. The van der Waals surface area contributed by atoms with Crippen LogP contribution < -0.4 is 4.72 Å². The Morgan fingerprint density at radius 1 is 1.42 bits per heavy atom. The van der Waals surface area contributed by atoms with Crippen molar-refractivity contribution in [2.24, 2.45) is 7.05 Å². The van der Waals surface area contributed by atoms with Crippen molar-refractivity contribution >= 4 is 27.3 Å². The van der Waals surface area contributed by atoms with Crippen LogP contribution in [0.2, 0.25) is 0 Å². The van der Waals surface area contributed by atoms with Crippen LogP contribution in [-0.4, -0.2) is 37.6 Å². The number of methoxy groups -OCH3 is 1. The maximum Gasteiger partial charge on any atom is 0.349 e. The van der Waals surface area contributed by atoms with Gasteiger partial charge in [0, 0.05) is 26.2 Å². The molecule has 10 heteroatoms. The molecule has 26 heavy (non-hydrogen) atoms. The Bertz CT molecular complexity index is 1000. The average Bonchev–Trinajstić information content (AvgIpc) is 3.35. The van der Waals surface area contributed by atoms with Gasteiger partial charge in [-0.25, -0.2) is 22.9 Å². The number of furan rings is 1. The minimum absolute atomic E-state index is 0.0529. The summed E-state index contributed by atoms with van der Waals surface area (Å²) in [5.41, 5.74) is 0.682. The largest absolute Gasteiger partial charge is 0.465 e. The van der Waals surface area contributed by atoms with Gasteiger partial charge in [0.2, 0.25) is 10.0 Å². The fraction of sp³-hybridized carbons (Fsp3) is 0.250. The van der Waals surface area contributed by atoms with Crippen molar-refractivity contribution in [2.45, 2.75) is 11.3 Å². The Morgan fingerprint density at radius 2 is 2.23 bits per heavy atom. The monoisotopic (exact) mass is 395 g/mol. The van der Waals surface area contributed by atoms with E-state index in [1.165, 1.54) is 18.6 Å². The number of nitrogens with one attached hydrogen (secondary N) is 1. The van der Waals surface area contributed by atoms with E-state index in [1.807, 2.05) is 17.8 Å². The van der Waals surface area contributed by atoms with Crippen molar-refractivity contribution in [2.75, 3.05) is 13.7 Å². The molecular weight excluding hydrogens is 378 g/mol. The second-order valence-electron chi connectivity index (χ2n) is 5.38. The third-order valence-corrected chi connectivity index (χ3v) is 6.20. The number of aryl methyl sites for hydroxylation is 1. The number of esters is 1. The number of sulfonamides is 1. The molecule has 3 aromatic rings. The second-order valence-corrected chi connectivity index (χ2v) is 8.04. The third kappa shape index (κ3) is 3.71. The van der Waals surface area contributed by atoms with Gasteiger partial charge in [0.25, 0.3) is 0 Å².